The monoisotopic (exact) mass is 513 g/mol. The van der Waals surface area contributed by atoms with Gasteiger partial charge in [-0.1, -0.05) is 18.2 Å². The van der Waals surface area contributed by atoms with Gasteiger partial charge in [-0.25, -0.2) is 9.36 Å². The summed E-state index contributed by atoms with van der Waals surface area (Å²) in [6, 6.07) is 6.52. The van der Waals surface area contributed by atoms with Crippen LogP contribution in [0.1, 0.15) is 19.8 Å². The van der Waals surface area contributed by atoms with Crippen LogP contribution in [0.4, 0.5) is 4.79 Å². The summed E-state index contributed by atoms with van der Waals surface area (Å²) in [5.74, 6) is -0.868. The molecule has 6 atom stereocenters. The number of para-hydroxylation sites is 1. The van der Waals surface area contributed by atoms with Crippen molar-refractivity contribution in [3.05, 3.63) is 30.3 Å². The number of methoxy groups -OCH3 is 1. The van der Waals surface area contributed by atoms with E-state index in [1.807, 2.05) is 0 Å². The van der Waals surface area contributed by atoms with Gasteiger partial charge in [-0.2, -0.15) is 5.09 Å². The lowest BCUT2D eigenvalue weighted by Gasteiger charge is -2.47. The molecule has 1 aromatic carbocycles. The zero-order valence-electron chi connectivity index (χ0n) is 19.2. The van der Waals surface area contributed by atoms with Crippen molar-refractivity contribution < 1.29 is 47.3 Å². The van der Waals surface area contributed by atoms with E-state index in [4.69, 9.17) is 18.5 Å². The van der Waals surface area contributed by atoms with Crippen molar-refractivity contribution in [3.63, 3.8) is 0 Å². The predicted molar refractivity (Wildman–Crippen MR) is 118 cm³/mol. The molecule has 3 aliphatic rings. The SMILES string of the molecule is COC(=O)[C@H](C)NP(=O)(OCC1OC(N2CCC(=O)NC2=O)[C@@]2(CCO2)[C@@H]1O)Oc1ccccc1. The number of carbonyl (C=O) groups excluding carboxylic acids is 3. The number of urea groups is 1. The van der Waals surface area contributed by atoms with Crippen molar-refractivity contribution in [3.8, 4) is 5.75 Å². The van der Waals surface area contributed by atoms with Gasteiger partial charge in [-0.05, 0) is 19.1 Å². The summed E-state index contributed by atoms with van der Waals surface area (Å²) in [7, 11) is -2.98. The molecule has 3 unspecified atom stereocenters. The van der Waals surface area contributed by atoms with Crippen LogP contribution in [0.5, 0.6) is 5.75 Å². The van der Waals surface area contributed by atoms with Crippen LogP contribution in [0.3, 0.4) is 0 Å². The molecule has 0 aliphatic carbocycles. The molecular formula is C21H28N3O10P. The first kappa shape index (κ1) is 25.5. The molecule has 0 radical (unpaired) electrons. The van der Waals surface area contributed by atoms with Crippen LogP contribution >= 0.6 is 7.75 Å². The van der Waals surface area contributed by atoms with Gasteiger partial charge in [0.15, 0.2) is 6.23 Å². The Balaban J connectivity index is 1.49. The predicted octanol–water partition coefficient (Wildman–Crippen LogP) is 0.528. The van der Waals surface area contributed by atoms with Gasteiger partial charge >= 0.3 is 19.7 Å². The van der Waals surface area contributed by atoms with Crippen LogP contribution in [0, 0.1) is 0 Å². The second-order valence-electron chi connectivity index (χ2n) is 8.39. The Morgan fingerprint density at radius 1 is 1.37 bits per heavy atom. The van der Waals surface area contributed by atoms with Gasteiger partial charge in [0, 0.05) is 19.4 Å². The lowest BCUT2D eigenvalue weighted by Crippen LogP contribution is -2.66. The van der Waals surface area contributed by atoms with Crippen LogP contribution in [-0.2, 0) is 32.9 Å². The molecule has 3 heterocycles. The van der Waals surface area contributed by atoms with Crippen LogP contribution in [0.15, 0.2) is 30.3 Å². The highest BCUT2D eigenvalue weighted by Gasteiger charge is 2.64. The molecule has 14 heteroatoms. The smallest absolute Gasteiger partial charge is 0.459 e. The van der Waals surface area contributed by atoms with E-state index in [0.29, 0.717) is 13.0 Å². The van der Waals surface area contributed by atoms with E-state index >= 15 is 0 Å². The first-order valence-electron chi connectivity index (χ1n) is 11.1. The average Bonchev–Trinajstić information content (AvgIpc) is 3.10. The Morgan fingerprint density at radius 2 is 2.09 bits per heavy atom. The maximum Gasteiger partial charge on any atom is 0.459 e. The van der Waals surface area contributed by atoms with Gasteiger partial charge in [0.1, 0.15) is 29.6 Å². The third-order valence-electron chi connectivity index (χ3n) is 6.09. The molecule has 3 amide bonds. The Hall–Kier alpha value is -2.54. The Bertz CT molecular complexity index is 1000. The molecule has 13 nitrogen and oxygen atoms in total. The van der Waals surface area contributed by atoms with E-state index in [9.17, 15) is 24.1 Å². The summed E-state index contributed by atoms with van der Waals surface area (Å²) in [5, 5.41) is 15.8. The lowest BCUT2D eigenvalue weighted by atomic mass is 9.86. The molecule has 3 N–H and O–H groups in total. The molecule has 0 bridgehead atoms. The van der Waals surface area contributed by atoms with Gasteiger partial charge in [-0.3, -0.25) is 24.3 Å². The summed E-state index contributed by atoms with van der Waals surface area (Å²) in [6.07, 6.45) is -2.77. The number of esters is 1. The van der Waals surface area contributed by atoms with Crippen molar-refractivity contribution in [1.29, 1.82) is 0 Å². The summed E-state index contributed by atoms with van der Waals surface area (Å²) < 4.78 is 41.0. The molecule has 0 aromatic heterocycles. The summed E-state index contributed by atoms with van der Waals surface area (Å²) >= 11 is 0. The van der Waals surface area contributed by atoms with Crippen LogP contribution in [0.2, 0.25) is 0 Å². The summed E-state index contributed by atoms with van der Waals surface area (Å²) in [4.78, 5) is 37.1. The molecular weight excluding hydrogens is 485 g/mol. The van der Waals surface area contributed by atoms with Crippen LogP contribution in [-0.4, -0.2) is 84.9 Å². The minimum Gasteiger partial charge on any atom is -0.468 e. The lowest BCUT2D eigenvalue weighted by molar-refractivity contribution is -0.232. The van der Waals surface area contributed by atoms with E-state index in [2.05, 4.69) is 15.1 Å². The van der Waals surface area contributed by atoms with Gasteiger partial charge in [0.25, 0.3) is 0 Å². The quantitative estimate of drug-likeness (QED) is 0.312. The minimum atomic E-state index is -4.17. The highest BCUT2D eigenvalue weighted by Crippen LogP contribution is 2.48. The van der Waals surface area contributed by atoms with E-state index in [-0.39, 0.29) is 18.7 Å². The average molecular weight is 513 g/mol. The first-order valence-corrected chi connectivity index (χ1v) is 12.6. The Labute approximate surface area is 201 Å². The number of nitrogens with one attached hydrogen (secondary N) is 2. The molecule has 35 heavy (non-hydrogen) atoms. The largest absolute Gasteiger partial charge is 0.468 e. The molecule has 3 saturated heterocycles. The molecule has 1 spiro atoms. The fraction of sp³-hybridized carbons (Fsp3) is 0.571. The number of rotatable bonds is 9. The number of nitrogens with zero attached hydrogens (tertiary/aromatic N) is 1. The highest BCUT2D eigenvalue weighted by molar-refractivity contribution is 7.52. The summed E-state index contributed by atoms with van der Waals surface area (Å²) in [5.41, 5.74) is -1.21. The fourth-order valence-electron chi connectivity index (χ4n) is 4.20. The normalized spacial score (nSPS) is 30.8. The van der Waals surface area contributed by atoms with E-state index in [1.165, 1.54) is 18.9 Å². The maximum atomic E-state index is 13.5. The van der Waals surface area contributed by atoms with Gasteiger partial charge in [-0.15, -0.1) is 0 Å². The van der Waals surface area contributed by atoms with E-state index < -0.39 is 62.3 Å². The maximum absolute atomic E-state index is 13.5. The number of benzene rings is 1. The highest BCUT2D eigenvalue weighted by atomic mass is 31.2. The van der Waals surface area contributed by atoms with Crippen LogP contribution in [0.25, 0.3) is 0 Å². The number of amides is 3. The molecule has 3 fully saturated rings. The number of hydrogen-bond acceptors (Lipinski definition) is 10. The van der Waals surface area contributed by atoms with Crippen molar-refractivity contribution in [2.45, 2.75) is 49.8 Å². The van der Waals surface area contributed by atoms with Crippen LogP contribution < -0.4 is 14.9 Å². The molecule has 192 valence electrons. The zero-order valence-corrected chi connectivity index (χ0v) is 20.1. The third kappa shape index (κ3) is 5.20. The number of carbonyl (C=O) groups is 3. The standard InChI is InChI=1S/C21H28N3O10P/c1-13(18(27)30-2)23-35(29,34-14-6-4-3-5-7-14)32-12-15-17(26)21(9-11-31-21)19(33-15)24-10-8-16(25)22-20(24)28/h3-7,13,15,17,19,26H,8-12H2,1-2H3,(H,23,29)(H,22,25,28)/t13-,15?,17+,19?,21+,35?/m0/s1. The van der Waals surface area contributed by atoms with Crippen molar-refractivity contribution in [2.75, 3.05) is 26.9 Å². The second kappa shape index (κ2) is 10.2. The number of ether oxygens (including phenoxy) is 3. The van der Waals surface area contributed by atoms with Crippen molar-refractivity contribution >= 4 is 25.7 Å². The van der Waals surface area contributed by atoms with Gasteiger partial charge in [0.05, 0.1) is 20.3 Å². The van der Waals surface area contributed by atoms with Gasteiger partial charge < -0.3 is 23.8 Å². The summed E-state index contributed by atoms with van der Waals surface area (Å²) in [6.45, 7) is 1.46. The molecule has 1 aromatic rings. The number of imide groups is 1. The fourth-order valence-corrected chi connectivity index (χ4v) is 5.70. The van der Waals surface area contributed by atoms with Gasteiger partial charge in [0.2, 0.25) is 5.91 Å². The topological polar surface area (TPSA) is 162 Å². The number of aliphatic hydroxyl groups excluding tert-OH is 1. The Morgan fingerprint density at radius 3 is 2.69 bits per heavy atom. The number of aliphatic hydroxyl groups is 1. The number of hydrogen-bond donors (Lipinski definition) is 3. The van der Waals surface area contributed by atoms with Crippen molar-refractivity contribution in [2.24, 2.45) is 0 Å². The first-order chi connectivity index (χ1) is 16.7. The molecule has 3 aliphatic heterocycles. The zero-order chi connectivity index (χ0) is 25.2. The molecule has 0 saturated carbocycles. The van der Waals surface area contributed by atoms with E-state index in [0.717, 1.165) is 0 Å². The van der Waals surface area contributed by atoms with Crippen molar-refractivity contribution in [1.82, 2.24) is 15.3 Å². The minimum absolute atomic E-state index is 0.0778. The van der Waals surface area contributed by atoms with E-state index in [1.54, 1.807) is 30.3 Å². The molecule has 4 rings (SSSR count). The Kier molecular flexibility index (Phi) is 7.46. The second-order valence-corrected chi connectivity index (χ2v) is 10.1. The third-order valence-corrected chi connectivity index (χ3v) is 7.74.